The van der Waals surface area contributed by atoms with E-state index < -0.39 is 11.9 Å². The van der Waals surface area contributed by atoms with Crippen molar-refractivity contribution in [2.24, 2.45) is 0 Å². The van der Waals surface area contributed by atoms with E-state index in [1.807, 2.05) is 24.3 Å². The van der Waals surface area contributed by atoms with Crippen LogP contribution < -0.4 is 19.7 Å². The largest absolute Gasteiger partial charge is 0.454 e. The second-order valence-electron chi connectivity index (χ2n) is 9.87. The molecule has 1 aliphatic heterocycles. The molecule has 0 saturated heterocycles. The van der Waals surface area contributed by atoms with Crippen LogP contribution in [0.3, 0.4) is 0 Å². The third kappa shape index (κ3) is 5.43. The SMILES string of the molecule is CC(C)c1ccc([C@@H](C(=O)NC2CCCCC2)N(C(=O)c2cnccn2)c2ccc3c(c2)OCO3)cc1. The Morgan fingerprint density at radius 1 is 0.946 bits per heavy atom. The Kier molecular flexibility index (Phi) is 7.35. The summed E-state index contributed by atoms with van der Waals surface area (Å²) in [6.07, 6.45) is 9.63. The van der Waals surface area contributed by atoms with Gasteiger partial charge in [-0.1, -0.05) is 57.4 Å². The zero-order valence-corrected chi connectivity index (χ0v) is 21.2. The molecule has 2 aliphatic rings. The van der Waals surface area contributed by atoms with Gasteiger partial charge >= 0.3 is 0 Å². The maximum Gasteiger partial charge on any atom is 0.279 e. The fourth-order valence-corrected chi connectivity index (χ4v) is 4.96. The van der Waals surface area contributed by atoms with Crippen molar-refractivity contribution in [2.45, 2.75) is 64.0 Å². The van der Waals surface area contributed by atoms with E-state index >= 15 is 0 Å². The van der Waals surface area contributed by atoms with E-state index in [1.165, 1.54) is 29.9 Å². The van der Waals surface area contributed by atoms with Crippen LogP contribution in [0.25, 0.3) is 0 Å². The Balaban J connectivity index is 1.60. The second kappa shape index (κ2) is 11.0. The number of hydrogen-bond donors (Lipinski definition) is 1. The molecule has 1 saturated carbocycles. The Labute approximate surface area is 217 Å². The van der Waals surface area contributed by atoms with Gasteiger partial charge in [0.1, 0.15) is 11.7 Å². The van der Waals surface area contributed by atoms with E-state index in [9.17, 15) is 9.59 Å². The molecule has 1 fully saturated rings. The normalized spacial score (nSPS) is 15.9. The van der Waals surface area contributed by atoms with Crippen molar-refractivity contribution in [3.63, 3.8) is 0 Å². The van der Waals surface area contributed by atoms with E-state index in [0.29, 0.717) is 28.7 Å². The number of nitrogens with zero attached hydrogens (tertiary/aromatic N) is 3. The molecule has 5 rings (SSSR count). The molecule has 192 valence electrons. The van der Waals surface area contributed by atoms with E-state index in [4.69, 9.17) is 9.47 Å². The molecule has 1 aromatic heterocycles. The van der Waals surface area contributed by atoms with E-state index in [-0.39, 0.29) is 24.4 Å². The highest BCUT2D eigenvalue weighted by Crippen LogP contribution is 2.39. The standard InChI is InChI=1S/C29H32N4O4/c1-19(2)20-8-10-21(11-9-20)27(28(34)32-22-6-4-3-5-7-22)33(29(35)24-17-30-14-15-31-24)23-12-13-25-26(16-23)37-18-36-25/h8-17,19,22,27H,3-7,18H2,1-2H3,(H,32,34)/t27-/m0/s1. The maximum atomic E-state index is 14.0. The minimum Gasteiger partial charge on any atom is -0.454 e. The Hall–Kier alpha value is -3.94. The molecule has 0 unspecified atom stereocenters. The first-order valence-electron chi connectivity index (χ1n) is 12.9. The quantitative estimate of drug-likeness (QED) is 0.481. The summed E-state index contributed by atoms with van der Waals surface area (Å²) < 4.78 is 11.1. The molecular formula is C29H32N4O4. The van der Waals surface area contributed by atoms with Gasteiger partial charge in [-0.3, -0.25) is 19.5 Å². The summed E-state index contributed by atoms with van der Waals surface area (Å²) in [5.41, 5.74) is 2.53. The van der Waals surface area contributed by atoms with Gasteiger partial charge in [-0.25, -0.2) is 4.98 Å². The van der Waals surface area contributed by atoms with Gasteiger partial charge in [-0.2, -0.15) is 0 Å². The molecule has 0 bridgehead atoms. The summed E-state index contributed by atoms with van der Waals surface area (Å²) in [5.74, 6) is 0.814. The molecule has 37 heavy (non-hydrogen) atoms. The number of hydrogen-bond acceptors (Lipinski definition) is 6. The van der Waals surface area contributed by atoms with Gasteiger partial charge in [-0.15, -0.1) is 0 Å². The lowest BCUT2D eigenvalue weighted by Gasteiger charge is -2.33. The van der Waals surface area contributed by atoms with Gasteiger partial charge in [0.2, 0.25) is 12.7 Å². The Morgan fingerprint density at radius 2 is 1.68 bits per heavy atom. The van der Waals surface area contributed by atoms with Crippen LogP contribution in [0.1, 0.15) is 79.5 Å². The lowest BCUT2D eigenvalue weighted by molar-refractivity contribution is -0.123. The van der Waals surface area contributed by atoms with Crippen LogP contribution >= 0.6 is 0 Å². The molecule has 2 amide bonds. The van der Waals surface area contributed by atoms with Gasteiger partial charge in [0.15, 0.2) is 11.5 Å². The fourth-order valence-electron chi connectivity index (χ4n) is 4.96. The van der Waals surface area contributed by atoms with Crippen molar-refractivity contribution in [3.05, 3.63) is 77.9 Å². The minimum absolute atomic E-state index is 0.0870. The first-order valence-corrected chi connectivity index (χ1v) is 12.9. The highest BCUT2D eigenvalue weighted by Gasteiger charge is 2.36. The van der Waals surface area contributed by atoms with Crippen molar-refractivity contribution < 1.29 is 19.1 Å². The third-order valence-corrected chi connectivity index (χ3v) is 7.01. The van der Waals surface area contributed by atoms with Crippen LogP contribution in [0.2, 0.25) is 0 Å². The molecule has 8 nitrogen and oxygen atoms in total. The predicted octanol–water partition coefficient (Wildman–Crippen LogP) is 5.17. The summed E-state index contributed by atoms with van der Waals surface area (Å²) in [6.45, 7) is 4.36. The van der Waals surface area contributed by atoms with Crippen molar-refractivity contribution in [3.8, 4) is 11.5 Å². The third-order valence-electron chi connectivity index (χ3n) is 7.01. The zero-order chi connectivity index (χ0) is 25.8. The number of anilines is 1. The summed E-state index contributed by atoms with van der Waals surface area (Å²) in [4.78, 5) is 37.8. The van der Waals surface area contributed by atoms with Crippen LogP contribution in [0.5, 0.6) is 11.5 Å². The molecule has 2 aromatic carbocycles. The molecular weight excluding hydrogens is 468 g/mol. The number of carbonyl (C=O) groups is 2. The Bertz CT molecular complexity index is 1240. The highest BCUT2D eigenvalue weighted by molar-refractivity contribution is 6.09. The average Bonchev–Trinajstić information content (AvgIpc) is 3.40. The fraction of sp³-hybridized carbons (Fsp3) is 0.379. The van der Waals surface area contributed by atoms with Crippen molar-refractivity contribution >= 4 is 17.5 Å². The number of amides is 2. The number of ether oxygens (including phenoxy) is 2. The van der Waals surface area contributed by atoms with Gasteiger partial charge in [0.25, 0.3) is 5.91 Å². The lowest BCUT2D eigenvalue weighted by atomic mass is 9.94. The van der Waals surface area contributed by atoms with Gasteiger partial charge in [0, 0.05) is 30.2 Å². The molecule has 2 heterocycles. The topological polar surface area (TPSA) is 93.7 Å². The second-order valence-corrected chi connectivity index (χ2v) is 9.87. The molecule has 1 aliphatic carbocycles. The summed E-state index contributed by atoms with van der Waals surface area (Å²) >= 11 is 0. The van der Waals surface area contributed by atoms with Crippen LogP contribution in [0.15, 0.2) is 61.1 Å². The number of rotatable bonds is 7. The number of benzene rings is 2. The van der Waals surface area contributed by atoms with Gasteiger partial charge in [-0.05, 0) is 42.0 Å². The molecule has 3 aromatic rings. The number of carbonyl (C=O) groups excluding carboxylic acids is 2. The highest BCUT2D eigenvalue weighted by atomic mass is 16.7. The van der Waals surface area contributed by atoms with Gasteiger partial charge in [0.05, 0.1) is 6.20 Å². The molecule has 0 radical (unpaired) electrons. The van der Waals surface area contributed by atoms with Crippen LogP contribution in [0, 0.1) is 0 Å². The monoisotopic (exact) mass is 500 g/mol. The van der Waals surface area contributed by atoms with Gasteiger partial charge < -0.3 is 14.8 Å². The molecule has 1 N–H and O–H groups in total. The van der Waals surface area contributed by atoms with Crippen LogP contribution in [-0.2, 0) is 4.79 Å². The molecule has 0 spiro atoms. The number of fused-ring (bicyclic) bond motifs is 1. The maximum absolute atomic E-state index is 14.0. The van der Waals surface area contributed by atoms with E-state index in [0.717, 1.165) is 31.2 Å². The number of nitrogens with one attached hydrogen (secondary N) is 1. The van der Waals surface area contributed by atoms with Crippen molar-refractivity contribution in [1.29, 1.82) is 0 Å². The lowest BCUT2D eigenvalue weighted by Crippen LogP contribution is -2.47. The van der Waals surface area contributed by atoms with E-state index in [2.05, 4.69) is 29.1 Å². The van der Waals surface area contributed by atoms with E-state index in [1.54, 1.807) is 18.2 Å². The average molecular weight is 501 g/mol. The number of aromatic nitrogens is 2. The first-order chi connectivity index (χ1) is 18.0. The van der Waals surface area contributed by atoms with Crippen LogP contribution in [-0.4, -0.2) is 34.6 Å². The van der Waals surface area contributed by atoms with Crippen molar-refractivity contribution in [2.75, 3.05) is 11.7 Å². The zero-order valence-electron chi connectivity index (χ0n) is 21.2. The Morgan fingerprint density at radius 3 is 2.38 bits per heavy atom. The summed E-state index contributed by atoms with van der Waals surface area (Å²) in [6, 6.07) is 12.3. The van der Waals surface area contributed by atoms with Crippen LogP contribution in [0.4, 0.5) is 5.69 Å². The predicted molar refractivity (Wildman–Crippen MR) is 140 cm³/mol. The molecule has 8 heteroatoms. The molecule has 1 atom stereocenters. The summed E-state index contributed by atoms with van der Waals surface area (Å²) in [5, 5.41) is 3.24. The smallest absolute Gasteiger partial charge is 0.279 e. The van der Waals surface area contributed by atoms with Crippen molar-refractivity contribution in [1.82, 2.24) is 15.3 Å². The summed E-state index contributed by atoms with van der Waals surface area (Å²) in [7, 11) is 0. The first kappa shape index (κ1) is 24.7. The minimum atomic E-state index is -0.919.